The van der Waals surface area contributed by atoms with Crippen LogP contribution in [0.4, 0.5) is 0 Å². The summed E-state index contributed by atoms with van der Waals surface area (Å²) in [7, 11) is 0. The third-order valence-corrected chi connectivity index (χ3v) is 3.87. The monoisotopic (exact) mass is 342 g/mol. The highest BCUT2D eigenvalue weighted by Crippen LogP contribution is 2.17. The Hall–Kier alpha value is -1.11. The zero-order valence-corrected chi connectivity index (χ0v) is 12.9. The molecule has 1 fully saturated rings. The van der Waals surface area contributed by atoms with Gasteiger partial charge in [-0.2, -0.15) is 0 Å². The number of aliphatic hydroxyl groups excluding tert-OH is 1. The van der Waals surface area contributed by atoms with Crippen molar-refractivity contribution in [3.05, 3.63) is 28.7 Å². The van der Waals surface area contributed by atoms with Gasteiger partial charge in [0.1, 0.15) is 5.75 Å². The van der Waals surface area contributed by atoms with Crippen LogP contribution in [-0.4, -0.2) is 42.9 Å². The van der Waals surface area contributed by atoms with Crippen LogP contribution in [0, 0.1) is 5.92 Å². The maximum absolute atomic E-state index is 11.9. The molecule has 3 N–H and O–H groups in total. The second-order valence-electron chi connectivity index (χ2n) is 4.94. The highest BCUT2D eigenvalue weighted by molar-refractivity contribution is 9.10. The van der Waals surface area contributed by atoms with Crippen LogP contribution >= 0.6 is 15.9 Å². The first-order valence-corrected chi connectivity index (χ1v) is 7.44. The van der Waals surface area contributed by atoms with Crippen molar-refractivity contribution >= 4 is 21.8 Å². The van der Waals surface area contributed by atoms with Crippen molar-refractivity contribution in [3.8, 4) is 5.75 Å². The molecule has 1 amide bonds. The Balaban J connectivity index is 1.78. The molecule has 2 rings (SSSR count). The first-order valence-electron chi connectivity index (χ1n) is 6.65. The fraction of sp³-hybridized carbons (Fsp3) is 0.500. The number of nitrogens with one attached hydrogen (secondary N) is 2. The van der Waals surface area contributed by atoms with Gasteiger partial charge in [0.15, 0.2) is 6.10 Å². The zero-order valence-electron chi connectivity index (χ0n) is 11.3. The second kappa shape index (κ2) is 7.06. The van der Waals surface area contributed by atoms with Crippen LogP contribution in [0.25, 0.3) is 0 Å². The van der Waals surface area contributed by atoms with Gasteiger partial charge in [0, 0.05) is 30.0 Å². The molecule has 0 bridgehead atoms. The van der Waals surface area contributed by atoms with E-state index in [2.05, 4.69) is 26.6 Å². The Morgan fingerprint density at radius 2 is 2.20 bits per heavy atom. The number of β-amino-alcohol motifs (C(OH)–C–C–N with tert-alkyl or cyclic N) is 1. The van der Waals surface area contributed by atoms with E-state index in [1.165, 1.54) is 0 Å². The highest BCUT2D eigenvalue weighted by atomic mass is 79.9. The van der Waals surface area contributed by atoms with Gasteiger partial charge in [0.2, 0.25) is 0 Å². The Labute approximate surface area is 126 Å². The molecule has 3 atom stereocenters. The molecule has 1 saturated heterocycles. The number of rotatable bonds is 5. The Kier molecular flexibility index (Phi) is 5.39. The van der Waals surface area contributed by atoms with E-state index in [1.807, 2.05) is 12.1 Å². The molecule has 0 aliphatic carbocycles. The van der Waals surface area contributed by atoms with Crippen LogP contribution in [0.2, 0.25) is 0 Å². The number of benzene rings is 1. The van der Waals surface area contributed by atoms with Gasteiger partial charge in [-0.3, -0.25) is 4.79 Å². The number of carbonyl (C=O) groups excluding carboxylic acids is 1. The Morgan fingerprint density at radius 3 is 2.80 bits per heavy atom. The minimum absolute atomic E-state index is 0.0684. The van der Waals surface area contributed by atoms with E-state index in [0.29, 0.717) is 18.8 Å². The van der Waals surface area contributed by atoms with E-state index in [0.717, 1.165) is 11.0 Å². The first kappa shape index (κ1) is 15.3. The summed E-state index contributed by atoms with van der Waals surface area (Å²) in [5.74, 6) is 0.546. The Morgan fingerprint density at radius 1 is 1.50 bits per heavy atom. The van der Waals surface area contributed by atoms with E-state index in [-0.39, 0.29) is 11.8 Å². The minimum atomic E-state index is -0.567. The van der Waals surface area contributed by atoms with Crippen molar-refractivity contribution in [1.82, 2.24) is 10.6 Å². The number of carbonyl (C=O) groups is 1. The molecule has 1 heterocycles. The van der Waals surface area contributed by atoms with Crippen molar-refractivity contribution < 1.29 is 14.6 Å². The lowest BCUT2D eigenvalue weighted by Gasteiger charge is -2.18. The third-order valence-electron chi connectivity index (χ3n) is 3.34. The molecule has 0 saturated carbocycles. The molecule has 110 valence electrons. The average Bonchev–Trinajstić information content (AvgIpc) is 2.84. The van der Waals surface area contributed by atoms with Crippen molar-refractivity contribution in [2.24, 2.45) is 5.92 Å². The fourth-order valence-corrected chi connectivity index (χ4v) is 2.34. The average molecular weight is 343 g/mol. The van der Waals surface area contributed by atoms with Gasteiger partial charge in [-0.1, -0.05) is 15.9 Å². The largest absolute Gasteiger partial charge is 0.481 e. The lowest BCUT2D eigenvalue weighted by molar-refractivity contribution is -0.127. The van der Waals surface area contributed by atoms with E-state index >= 15 is 0 Å². The summed E-state index contributed by atoms with van der Waals surface area (Å²) in [6.07, 6.45) is -0.958. The van der Waals surface area contributed by atoms with Gasteiger partial charge in [-0.25, -0.2) is 0 Å². The first-order chi connectivity index (χ1) is 9.56. The predicted octanol–water partition coefficient (Wildman–Crippen LogP) is 0.913. The van der Waals surface area contributed by atoms with Crippen LogP contribution in [0.3, 0.4) is 0 Å². The standard InChI is InChI=1S/C14H19BrN2O3/c1-9(20-12-4-2-11(15)3-5-12)14(19)17-7-10-6-16-8-13(10)18/h2-5,9-10,13,16,18H,6-8H2,1H3,(H,17,19). The van der Waals surface area contributed by atoms with E-state index < -0.39 is 12.2 Å². The number of hydrogen-bond donors (Lipinski definition) is 3. The molecular formula is C14H19BrN2O3. The van der Waals surface area contributed by atoms with E-state index in [4.69, 9.17) is 4.74 Å². The Bertz CT molecular complexity index is 452. The van der Waals surface area contributed by atoms with Crippen LogP contribution in [0.5, 0.6) is 5.75 Å². The summed E-state index contributed by atoms with van der Waals surface area (Å²) in [5, 5.41) is 15.5. The maximum atomic E-state index is 11.9. The van der Waals surface area contributed by atoms with E-state index in [9.17, 15) is 9.90 Å². The highest BCUT2D eigenvalue weighted by Gasteiger charge is 2.26. The molecule has 0 spiro atoms. The molecule has 0 aromatic heterocycles. The summed E-state index contributed by atoms with van der Waals surface area (Å²) in [5.41, 5.74) is 0. The van der Waals surface area contributed by atoms with Gasteiger partial charge in [0.25, 0.3) is 5.91 Å². The quantitative estimate of drug-likeness (QED) is 0.743. The summed E-state index contributed by atoms with van der Waals surface area (Å²) < 4.78 is 6.52. The lowest BCUT2D eigenvalue weighted by Crippen LogP contribution is -2.41. The molecule has 1 aliphatic rings. The lowest BCUT2D eigenvalue weighted by atomic mass is 10.1. The number of amides is 1. The fourth-order valence-electron chi connectivity index (χ4n) is 2.07. The van der Waals surface area contributed by atoms with Crippen LogP contribution in [0.15, 0.2) is 28.7 Å². The smallest absolute Gasteiger partial charge is 0.260 e. The van der Waals surface area contributed by atoms with Crippen LogP contribution in [-0.2, 0) is 4.79 Å². The summed E-state index contributed by atoms with van der Waals surface area (Å²) in [6, 6.07) is 7.33. The minimum Gasteiger partial charge on any atom is -0.481 e. The van der Waals surface area contributed by atoms with Gasteiger partial charge in [-0.15, -0.1) is 0 Å². The van der Waals surface area contributed by atoms with Crippen LogP contribution < -0.4 is 15.4 Å². The maximum Gasteiger partial charge on any atom is 0.260 e. The number of ether oxygens (including phenoxy) is 1. The second-order valence-corrected chi connectivity index (χ2v) is 5.86. The number of aliphatic hydroxyl groups is 1. The van der Waals surface area contributed by atoms with Gasteiger partial charge in [-0.05, 0) is 31.2 Å². The molecule has 6 heteroatoms. The molecule has 1 aliphatic heterocycles. The topological polar surface area (TPSA) is 70.6 Å². The van der Waals surface area contributed by atoms with Crippen molar-refractivity contribution in [3.63, 3.8) is 0 Å². The number of hydrogen-bond acceptors (Lipinski definition) is 4. The van der Waals surface area contributed by atoms with Crippen molar-refractivity contribution in [2.45, 2.75) is 19.1 Å². The third kappa shape index (κ3) is 4.19. The van der Waals surface area contributed by atoms with Gasteiger partial charge in [0.05, 0.1) is 6.10 Å². The summed E-state index contributed by atoms with van der Waals surface area (Å²) >= 11 is 3.34. The molecule has 0 radical (unpaired) electrons. The van der Waals surface area contributed by atoms with Gasteiger partial charge >= 0.3 is 0 Å². The predicted molar refractivity (Wildman–Crippen MR) is 79.6 cm³/mol. The zero-order chi connectivity index (χ0) is 14.5. The van der Waals surface area contributed by atoms with Crippen molar-refractivity contribution in [1.29, 1.82) is 0 Å². The molecule has 20 heavy (non-hydrogen) atoms. The molecule has 5 nitrogen and oxygen atoms in total. The molecule has 3 unspecified atom stereocenters. The summed E-state index contributed by atoms with van der Waals surface area (Å²) in [6.45, 7) is 3.48. The number of halogens is 1. The molecular weight excluding hydrogens is 324 g/mol. The summed E-state index contributed by atoms with van der Waals surface area (Å²) in [4.78, 5) is 11.9. The molecule has 1 aromatic rings. The SMILES string of the molecule is CC(Oc1ccc(Br)cc1)C(=O)NCC1CNCC1O. The molecule has 1 aromatic carbocycles. The van der Waals surface area contributed by atoms with Crippen LogP contribution in [0.1, 0.15) is 6.92 Å². The van der Waals surface area contributed by atoms with Crippen molar-refractivity contribution in [2.75, 3.05) is 19.6 Å². The normalized spacial score (nSPS) is 23.4. The van der Waals surface area contributed by atoms with E-state index in [1.54, 1.807) is 19.1 Å². The van der Waals surface area contributed by atoms with Gasteiger partial charge < -0.3 is 20.5 Å².